The van der Waals surface area contributed by atoms with Crippen LogP contribution in [0.15, 0.2) is 12.1 Å². The molecule has 0 fully saturated rings. The number of nitrogens with one attached hydrogen (secondary N) is 1. The molecule has 2 N–H and O–H groups in total. The van der Waals surface area contributed by atoms with Crippen molar-refractivity contribution in [3.05, 3.63) is 28.8 Å². The van der Waals surface area contributed by atoms with E-state index in [1.807, 2.05) is 26.0 Å². The summed E-state index contributed by atoms with van der Waals surface area (Å²) in [4.78, 5) is 11.2. The maximum Gasteiger partial charge on any atom is 0.248 e. The van der Waals surface area contributed by atoms with Crippen LogP contribution in [0.5, 0.6) is 5.75 Å². The monoisotopic (exact) mass is 237 g/mol. The number of carbonyl (C=O) groups is 1. The second-order valence-electron chi connectivity index (χ2n) is 4.07. The highest BCUT2D eigenvalue weighted by molar-refractivity contribution is 5.79. The average Bonchev–Trinajstić information content (AvgIpc) is 2.30. The summed E-state index contributed by atoms with van der Waals surface area (Å²) in [7, 11) is 1.64. The van der Waals surface area contributed by atoms with Gasteiger partial charge in [0.1, 0.15) is 11.9 Å². The molecule has 17 heavy (non-hydrogen) atoms. The van der Waals surface area contributed by atoms with Crippen LogP contribution in [0.4, 0.5) is 0 Å². The fourth-order valence-corrected chi connectivity index (χ4v) is 1.59. The van der Waals surface area contributed by atoms with Gasteiger partial charge in [0.25, 0.3) is 0 Å². The van der Waals surface area contributed by atoms with E-state index in [2.05, 4.69) is 5.32 Å². The number of ether oxygens (including phenoxy) is 1. The molecule has 0 aromatic heterocycles. The molecule has 0 aliphatic carbocycles. The molecule has 4 nitrogen and oxygen atoms in total. The smallest absolute Gasteiger partial charge is 0.248 e. The first-order valence-electron chi connectivity index (χ1n) is 5.56. The Kier molecular flexibility index (Phi) is 4.52. The minimum atomic E-state index is -0.977. The van der Waals surface area contributed by atoms with E-state index < -0.39 is 6.10 Å². The third-order valence-corrected chi connectivity index (χ3v) is 2.90. The molecular formula is C13H19NO3. The van der Waals surface area contributed by atoms with Crippen molar-refractivity contribution in [2.45, 2.75) is 33.4 Å². The Balaban J connectivity index is 2.80. The molecule has 1 rings (SSSR count). The van der Waals surface area contributed by atoms with E-state index in [1.165, 1.54) is 6.92 Å². The van der Waals surface area contributed by atoms with Gasteiger partial charge in [0.15, 0.2) is 0 Å². The third-order valence-electron chi connectivity index (χ3n) is 2.90. The zero-order chi connectivity index (χ0) is 13.0. The van der Waals surface area contributed by atoms with Gasteiger partial charge in [-0.2, -0.15) is 0 Å². The van der Waals surface area contributed by atoms with Crippen molar-refractivity contribution in [2.75, 3.05) is 7.11 Å². The van der Waals surface area contributed by atoms with E-state index in [4.69, 9.17) is 9.84 Å². The van der Waals surface area contributed by atoms with E-state index >= 15 is 0 Å². The molecule has 0 aliphatic rings. The molecule has 0 bridgehead atoms. The zero-order valence-corrected chi connectivity index (χ0v) is 10.7. The van der Waals surface area contributed by atoms with Gasteiger partial charge >= 0.3 is 0 Å². The van der Waals surface area contributed by atoms with Crippen LogP contribution in [0.3, 0.4) is 0 Å². The summed E-state index contributed by atoms with van der Waals surface area (Å²) < 4.78 is 5.22. The first kappa shape index (κ1) is 13.5. The Labute approximate surface area is 102 Å². The number of aliphatic hydroxyl groups excluding tert-OH is 1. The summed E-state index contributed by atoms with van der Waals surface area (Å²) in [5.41, 5.74) is 3.18. The van der Waals surface area contributed by atoms with Gasteiger partial charge in [0.05, 0.1) is 7.11 Å². The largest absolute Gasteiger partial charge is 0.496 e. The van der Waals surface area contributed by atoms with E-state index in [0.29, 0.717) is 6.54 Å². The number of carbonyl (C=O) groups excluding carboxylic acids is 1. The maximum atomic E-state index is 11.2. The molecule has 1 amide bonds. The molecule has 0 saturated carbocycles. The van der Waals surface area contributed by atoms with Crippen molar-refractivity contribution in [1.29, 1.82) is 0 Å². The molecule has 0 spiro atoms. The summed E-state index contributed by atoms with van der Waals surface area (Å²) in [5.74, 6) is 0.478. The number of aliphatic hydroxyl groups is 1. The lowest BCUT2D eigenvalue weighted by atomic mass is 10.0. The Hall–Kier alpha value is -1.55. The van der Waals surface area contributed by atoms with E-state index in [-0.39, 0.29) is 5.91 Å². The number of rotatable bonds is 4. The SMILES string of the molecule is COc1ccc(CNC(=O)C(C)O)c(C)c1C. The summed E-state index contributed by atoms with van der Waals surface area (Å²) in [6.45, 7) is 5.83. The molecule has 1 aromatic rings. The van der Waals surface area contributed by atoms with E-state index in [0.717, 1.165) is 22.4 Å². The summed E-state index contributed by atoms with van der Waals surface area (Å²) >= 11 is 0. The van der Waals surface area contributed by atoms with Crippen molar-refractivity contribution in [2.24, 2.45) is 0 Å². The van der Waals surface area contributed by atoms with E-state index in [1.54, 1.807) is 7.11 Å². The predicted molar refractivity (Wildman–Crippen MR) is 66.0 cm³/mol. The Morgan fingerprint density at radius 1 is 1.41 bits per heavy atom. The Bertz CT molecular complexity index is 413. The van der Waals surface area contributed by atoms with Crippen LogP contribution in [0.1, 0.15) is 23.6 Å². The normalized spacial score (nSPS) is 12.1. The molecule has 0 radical (unpaired) electrons. The summed E-state index contributed by atoms with van der Waals surface area (Å²) in [6, 6.07) is 3.80. The third kappa shape index (κ3) is 3.20. The molecule has 94 valence electrons. The van der Waals surface area contributed by atoms with E-state index in [9.17, 15) is 4.79 Å². The van der Waals surface area contributed by atoms with Gasteiger partial charge in [-0.15, -0.1) is 0 Å². The Morgan fingerprint density at radius 3 is 2.59 bits per heavy atom. The first-order chi connectivity index (χ1) is 7.97. The van der Waals surface area contributed by atoms with Crippen LogP contribution < -0.4 is 10.1 Å². The summed E-state index contributed by atoms with van der Waals surface area (Å²) in [6.07, 6.45) is -0.977. The van der Waals surface area contributed by atoms with Gasteiger partial charge in [-0.05, 0) is 43.5 Å². The number of methoxy groups -OCH3 is 1. The Morgan fingerprint density at radius 2 is 2.06 bits per heavy atom. The minimum Gasteiger partial charge on any atom is -0.496 e. The van der Waals surface area contributed by atoms with Crippen molar-refractivity contribution >= 4 is 5.91 Å². The van der Waals surface area contributed by atoms with Crippen molar-refractivity contribution in [3.8, 4) is 5.75 Å². The lowest BCUT2D eigenvalue weighted by Gasteiger charge is -2.13. The van der Waals surface area contributed by atoms with Gasteiger partial charge in [-0.3, -0.25) is 4.79 Å². The lowest BCUT2D eigenvalue weighted by Crippen LogP contribution is -2.32. The number of benzene rings is 1. The molecule has 1 atom stereocenters. The van der Waals surface area contributed by atoms with Crippen molar-refractivity contribution in [3.63, 3.8) is 0 Å². The van der Waals surface area contributed by atoms with Crippen LogP contribution in [-0.4, -0.2) is 24.2 Å². The highest BCUT2D eigenvalue weighted by atomic mass is 16.5. The number of amides is 1. The van der Waals surface area contributed by atoms with Crippen molar-refractivity contribution < 1.29 is 14.6 Å². The molecule has 1 unspecified atom stereocenters. The fourth-order valence-electron chi connectivity index (χ4n) is 1.59. The van der Waals surface area contributed by atoms with Gasteiger partial charge in [0.2, 0.25) is 5.91 Å². The molecule has 0 saturated heterocycles. The molecule has 1 aromatic carbocycles. The molecular weight excluding hydrogens is 218 g/mol. The van der Waals surface area contributed by atoms with Gasteiger partial charge < -0.3 is 15.2 Å². The molecule has 0 heterocycles. The topological polar surface area (TPSA) is 58.6 Å². The highest BCUT2D eigenvalue weighted by Crippen LogP contribution is 2.23. The zero-order valence-electron chi connectivity index (χ0n) is 10.7. The summed E-state index contributed by atoms with van der Waals surface area (Å²) in [5, 5.41) is 11.7. The van der Waals surface area contributed by atoms with Crippen LogP contribution in [0.25, 0.3) is 0 Å². The maximum absolute atomic E-state index is 11.2. The average molecular weight is 237 g/mol. The van der Waals surface area contributed by atoms with Crippen molar-refractivity contribution in [1.82, 2.24) is 5.32 Å². The predicted octanol–water partition coefficient (Wildman–Crippen LogP) is 1.31. The van der Waals surface area contributed by atoms with Gasteiger partial charge in [-0.25, -0.2) is 0 Å². The van der Waals surface area contributed by atoms with Gasteiger partial charge in [0, 0.05) is 6.54 Å². The van der Waals surface area contributed by atoms with Crippen LogP contribution >= 0.6 is 0 Å². The van der Waals surface area contributed by atoms with Crippen LogP contribution in [0, 0.1) is 13.8 Å². The van der Waals surface area contributed by atoms with Crippen LogP contribution in [0.2, 0.25) is 0 Å². The lowest BCUT2D eigenvalue weighted by molar-refractivity contribution is -0.128. The fraction of sp³-hybridized carbons (Fsp3) is 0.462. The second-order valence-corrected chi connectivity index (χ2v) is 4.07. The quantitative estimate of drug-likeness (QED) is 0.830. The second kappa shape index (κ2) is 5.68. The standard InChI is InChI=1S/C13H19NO3/c1-8-9(2)12(17-4)6-5-11(8)7-14-13(16)10(3)15/h5-6,10,15H,7H2,1-4H3,(H,14,16). The van der Waals surface area contributed by atoms with Gasteiger partial charge in [-0.1, -0.05) is 6.07 Å². The highest BCUT2D eigenvalue weighted by Gasteiger charge is 2.10. The molecule has 4 heteroatoms. The first-order valence-corrected chi connectivity index (χ1v) is 5.56. The van der Waals surface area contributed by atoms with Crippen LogP contribution in [-0.2, 0) is 11.3 Å². The number of hydrogen-bond acceptors (Lipinski definition) is 3. The minimum absolute atomic E-state index is 0.363. The molecule has 0 aliphatic heterocycles. The number of hydrogen-bond donors (Lipinski definition) is 2.